The lowest BCUT2D eigenvalue weighted by Crippen LogP contribution is -2.04. The van der Waals surface area contributed by atoms with Gasteiger partial charge in [-0.05, 0) is 30.2 Å². The Kier molecular flexibility index (Phi) is 2.16. The van der Waals surface area contributed by atoms with Crippen LogP contribution in [-0.4, -0.2) is 5.78 Å². The predicted molar refractivity (Wildman–Crippen MR) is 52.7 cm³/mol. The van der Waals surface area contributed by atoms with Crippen LogP contribution < -0.4 is 0 Å². The summed E-state index contributed by atoms with van der Waals surface area (Å²) in [4.78, 5) is 11.4. The molecule has 0 fully saturated rings. The number of nitrogens with zero attached hydrogens (tertiary/aromatic N) is 1. The molecule has 1 atom stereocenters. The molecule has 2 nitrogen and oxygen atoms in total. The molecule has 0 heterocycles. The molecular weight excluding hydrogens is 174 g/mol. The second-order valence-corrected chi connectivity index (χ2v) is 3.33. The third-order valence-electron chi connectivity index (χ3n) is 2.44. The van der Waals surface area contributed by atoms with Crippen molar-refractivity contribution in [1.29, 1.82) is 5.26 Å². The summed E-state index contributed by atoms with van der Waals surface area (Å²) in [5, 5.41) is 8.62. The number of rotatable bonds is 1. The molecule has 1 aromatic rings. The van der Waals surface area contributed by atoms with Gasteiger partial charge in [0.05, 0.1) is 17.6 Å². The molecule has 2 rings (SSSR count). The van der Waals surface area contributed by atoms with Gasteiger partial charge in [0.2, 0.25) is 0 Å². The van der Waals surface area contributed by atoms with Crippen LogP contribution in [0.25, 0.3) is 0 Å². The average Bonchev–Trinajstić information content (AvgIpc) is 2.65. The van der Waals surface area contributed by atoms with Gasteiger partial charge in [0, 0.05) is 0 Å². The molecule has 1 unspecified atom stereocenters. The van der Waals surface area contributed by atoms with Crippen molar-refractivity contribution in [3.63, 3.8) is 0 Å². The minimum atomic E-state index is -0.0252. The first kappa shape index (κ1) is 8.71. The molecule has 2 heteroatoms. The van der Waals surface area contributed by atoms with E-state index in [1.165, 1.54) is 0 Å². The number of ketones is 1. The van der Waals surface area contributed by atoms with Crippen LogP contribution in [-0.2, 0) is 4.79 Å². The quantitative estimate of drug-likeness (QED) is 0.669. The molecular formula is C12H9NO. The van der Waals surface area contributed by atoms with Gasteiger partial charge in [-0.2, -0.15) is 5.26 Å². The first-order valence-corrected chi connectivity index (χ1v) is 4.51. The molecule has 1 aliphatic carbocycles. The molecule has 14 heavy (non-hydrogen) atoms. The smallest absolute Gasteiger partial charge is 0.163 e. The zero-order chi connectivity index (χ0) is 9.97. The molecule has 0 saturated carbocycles. The molecule has 1 aromatic carbocycles. The summed E-state index contributed by atoms with van der Waals surface area (Å²) in [7, 11) is 0. The highest BCUT2D eigenvalue weighted by Gasteiger charge is 2.20. The van der Waals surface area contributed by atoms with E-state index in [-0.39, 0.29) is 11.7 Å². The Morgan fingerprint density at radius 3 is 2.50 bits per heavy atom. The predicted octanol–water partition coefficient (Wildman–Crippen LogP) is 2.17. The van der Waals surface area contributed by atoms with Gasteiger partial charge in [-0.15, -0.1) is 0 Å². The highest BCUT2D eigenvalue weighted by Crippen LogP contribution is 2.26. The molecule has 0 spiro atoms. The maximum Gasteiger partial charge on any atom is 0.163 e. The van der Waals surface area contributed by atoms with Crippen molar-refractivity contribution in [3.8, 4) is 6.07 Å². The van der Waals surface area contributed by atoms with Gasteiger partial charge in [0.25, 0.3) is 0 Å². The van der Waals surface area contributed by atoms with Crippen LogP contribution in [0.1, 0.15) is 23.5 Å². The van der Waals surface area contributed by atoms with Crippen molar-refractivity contribution in [2.75, 3.05) is 0 Å². The van der Waals surface area contributed by atoms with E-state index in [2.05, 4.69) is 6.07 Å². The maximum absolute atomic E-state index is 11.4. The third kappa shape index (κ3) is 1.45. The molecule has 0 bridgehead atoms. The van der Waals surface area contributed by atoms with Crippen molar-refractivity contribution in [2.45, 2.75) is 12.3 Å². The first-order valence-electron chi connectivity index (χ1n) is 4.51. The van der Waals surface area contributed by atoms with Crippen molar-refractivity contribution in [1.82, 2.24) is 0 Å². The highest BCUT2D eigenvalue weighted by molar-refractivity contribution is 5.97. The van der Waals surface area contributed by atoms with Crippen LogP contribution in [0.3, 0.4) is 0 Å². The topological polar surface area (TPSA) is 40.9 Å². The Bertz CT molecular complexity index is 423. The SMILES string of the molecule is N#Cc1ccc(C2CC=CC2=O)cc1. The summed E-state index contributed by atoms with van der Waals surface area (Å²) >= 11 is 0. The lowest BCUT2D eigenvalue weighted by atomic mass is 9.95. The molecule has 0 radical (unpaired) electrons. The average molecular weight is 183 g/mol. The zero-order valence-corrected chi connectivity index (χ0v) is 7.60. The van der Waals surface area contributed by atoms with Crippen molar-refractivity contribution >= 4 is 5.78 Å². The summed E-state index contributed by atoms with van der Waals surface area (Å²) in [6.45, 7) is 0. The Labute approximate surface area is 82.5 Å². The second kappa shape index (κ2) is 3.47. The zero-order valence-electron chi connectivity index (χ0n) is 7.60. The van der Waals surface area contributed by atoms with Crippen LogP contribution >= 0.6 is 0 Å². The monoisotopic (exact) mass is 183 g/mol. The number of carbonyl (C=O) groups is 1. The van der Waals surface area contributed by atoms with E-state index < -0.39 is 0 Å². The molecule has 0 amide bonds. The fourth-order valence-electron chi connectivity index (χ4n) is 1.64. The highest BCUT2D eigenvalue weighted by atomic mass is 16.1. The Morgan fingerprint density at radius 1 is 1.29 bits per heavy atom. The fraction of sp³-hybridized carbons (Fsp3) is 0.167. The maximum atomic E-state index is 11.4. The fourth-order valence-corrected chi connectivity index (χ4v) is 1.64. The Balaban J connectivity index is 2.26. The van der Waals surface area contributed by atoms with Crippen LogP contribution in [0.5, 0.6) is 0 Å². The largest absolute Gasteiger partial charge is 0.294 e. The minimum Gasteiger partial charge on any atom is -0.294 e. The van der Waals surface area contributed by atoms with Gasteiger partial charge < -0.3 is 0 Å². The molecule has 0 aromatic heterocycles. The van der Waals surface area contributed by atoms with E-state index in [1.54, 1.807) is 18.2 Å². The third-order valence-corrected chi connectivity index (χ3v) is 2.44. The Morgan fingerprint density at radius 2 is 2.00 bits per heavy atom. The van der Waals surface area contributed by atoms with Gasteiger partial charge >= 0.3 is 0 Å². The molecule has 1 aliphatic rings. The van der Waals surface area contributed by atoms with Crippen LogP contribution in [0.4, 0.5) is 0 Å². The molecule has 0 saturated heterocycles. The van der Waals surface area contributed by atoms with Crippen LogP contribution in [0, 0.1) is 11.3 Å². The Hall–Kier alpha value is -1.88. The van der Waals surface area contributed by atoms with Gasteiger partial charge in [-0.3, -0.25) is 4.79 Å². The molecule has 0 N–H and O–H groups in total. The number of hydrogen-bond acceptors (Lipinski definition) is 2. The van der Waals surface area contributed by atoms with Crippen LogP contribution in [0.15, 0.2) is 36.4 Å². The van der Waals surface area contributed by atoms with Gasteiger partial charge in [-0.25, -0.2) is 0 Å². The number of nitriles is 1. The van der Waals surface area contributed by atoms with Crippen molar-refractivity contribution < 1.29 is 4.79 Å². The normalized spacial score (nSPS) is 19.6. The van der Waals surface area contributed by atoms with E-state index in [4.69, 9.17) is 5.26 Å². The van der Waals surface area contributed by atoms with E-state index >= 15 is 0 Å². The van der Waals surface area contributed by atoms with Gasteiger partial charge in [-0.1, -0.05) is 18.2 Å². The van der Waals surface area contributed by atoms with Crippen molar-refractivity contribution in [2.24, 2.45) is 0 Å². The van der Waals surface area contributed by atoms with Crippen molar-refractivity contribution in [3.05, 3.63) is 47.5 Å². The lowest BCUT2D eigenvalue weighted by Gasteiger charge is -2.07. The van der Waals surface area contributed by atoms with Gasteiger partial charge in [0.15, 0.2) is 5.78 Å². The summed E-state index contributed by atoms with van der Waals surface area (Å²) in [5.41, 5.74) is 1.63. The molecule has 68 valence electrons. The standard InChI is InChI=1S/C12H9NO/c13-8-9-4-6-10(7-5-9)11-2-1-3-12(11)14/h1,3-7,11H,2H2. The van der Waals surface area contributed by atoms with Gasteiger partial charge in [0.1, 0.15) is 0 Å². The second-order valence-electron chi connectivity index (χ2n) is 3.33. The van der Waals surface area contributed by atoms with Crippen LogP contribution in [0.2, 0.25) is 0 Å². The minimum absolute atomic E-state index is 0.0252. The van der Waals surface area contributed by atoms with E-state index in [0.717, 1.165) is 12.0 Å². The van der Waals surface area contributed by atoms with E-state index in [9.17, 15) is 4.79 Å². The summed E-state index contributed by atoms with van der Waals surface area (Å²) < 4.78 is 0. The summed E-state index contributed by atoms with van der Waals surface area (Å²) in [6.07, 6.45) is 4.30. The summed E-state index contributed by atoms with van der Waals surface area (Å²) in [5.74, 6) is 0.137. The lowest BCUT2D eigenvalue weighted by molar-refractivity contribution is -0.115. The number of benzene rings is 1. The summed E-state index contributed by atoms with van der Waals surface area (Å²) in [6, 6.07) is 9.27. The molecule has 0 aliphatic heterocycles. The number of hydrogen-bond donors (Lipinski definition) is 0. The number of allylic oxidation sites excluding steroid dienone is 2. The van der Waals surface area contributed by atoms with E-state index in [0.29, 0.717) is 5.56 Å². The van der Waals surface area contributed by atoms with E-state index in [1.807, 2.05) is 18.2 Å². The first-order chi connectivity index (χ1) is 6.81. The number of carbonyl (C=O) groups excluding carboxylic acids is 1.